The highest BCUT2D eigenvalue weighted by Crippen LogP contribution is 2.37. The van der Waals surface area contributed by atoms with Crippen LogP contribution >= 0.6 is 0 Å². The number of hydrogen-bond acceptors (Lipinski definition) is 6. The fourth-order valence-corrected chi connectivity index (χ4v) is 3.45. The highest BCUT2D eigenvalue weighted by Gasteiger charge is 2.33. The van der Waals surface area contributed by atoms with Crippen molar-refractivity contribution in [2.75, 3.05) is 19.5 Å². The summed E-state index contributed by atoms with van der Waals surface area (Å²) in [6.45, 7) is 1.80. The fraction of sp³-hybridized carbons (Fsp3) is 0.190. The molecule has 8 heteroatoms. The molecule has 1 amide bonds. The van der Waals surface area contributed by atoms with Crippen LogP contribution in [0.4, 0.5) is 5.95 Å². The van der Waals surface area contributed by atoms with Crippen LogP contribution in [0.3, 0.4) is 0 Å². The predicted molar refractivity (Wildman–Crippen MR) is 109 cm³/mol. The molecule has 1 atom stereocenters. The summed E-state index contributed by atoms with van der Waals surface area (Å²) in [5.41, 5.74) is 8.45. The Hall–Kier alpha value is -3.81. The lowest BCUT2D eigenvalue weighted by atomic mass is 9.95. The Morgan fingerprint density at radius 2 is 1.83 bits per heavy atom. The molecule has 0 saturated heterocycles. The van der Waals surface area contributed by atoms with Crippen LogP contribution in [0.15, 0.2) is 59.8 Å². The van der Waals surface area contributed by atoms with E-state index in [-0.39, 0.29) is 0 Å². The summed E-state index contributed by atoms with van der Waals surface area (Å²) in [5.74, 6) is 1.97. The van der Waals surface area contributed by atoms with Gasteiger partial charge in [-0.05, 0) is 48.9 Å². The molecular weight excluding hydrogens is 370 g/mol. The smallest absolute Gasteiger partial charge is 0.248 e. The van der Waals surface area contributed by atoms with Crippen molar-refractivity contribution in [3.63, 3.8) is 0 Å². The van der Waals surface area contributed by atoms with Gasteiger partial charge in [0.25, 0.3) is 0 Å². The lowest BCUT2D eigenvalue weighted by Gasteiger charge is -2.27. The quantitative estimate of drug-likeness (QED) is 0.693. The Morgan fingerprint density at radius 3 is 2.48 bits per heavy atom. The number of carbonyl (C=O) groups excluding carboxylic acids is 1. The summed E-state index contributed by atoms with van der Waals surface area (Å²) in [6.07, 6.45) is 0. The van der Waals surface area contributed by atoms with Crippen molar-refractivity contribution in [2.24, 2.45) is 5.73 Å². The second-order valence-corrected chi connectivity index (χ2v) is 6.64. The number of fused-ring (bicyclic) bond motifs is 1. The third-order valence-electron chi connectivity index (χ3n) is 4.88. The molecule has 2 aromatic carbocycles. The number of rotatable bonds is 5. The summed E-state index contributed by atoms with van der Waals surface area (Å²) < 4.78 is 12.2. The zero-order valence-corrected chi connectivity index (χ0v) is 16.3. The van der Waals surface area contributed by atoms with E-state index >= 15 is 0 Å². The molecule has 4 rings (SSSR count). The average Bonchev–Trinajstić information content (AvgIpc) is 3.16. The van der Waals surface area contributed by atoms with Gasteiger partial charge in [-0.25, -0.2) is 4.68 Å². The summed E-state index contributed by atoms with van der Waals surface area (Å²) >= 11 is 0. The Bertz CT molecular complexity index is 1100. The van der Waals surface area contributed by atoms with Gasteiger partial charge in [0.15, 0.2) is 5.82 Å². The molecule has 3 N–H and O–H groups in total. The van der Waals surface area contributed by atoms with E-state index in [1.807, 2.05) is 48.5 Å². The van der Waals surface area contributed by atoms with E-state index in [9.17, 15) is 4.79 Å². The van der Waals surface area contributed by atoms with Crippen LogP contribution in [-0.4, -0.2) is 34.9 Å². The maximum Gasteiger partial charge on any atom is 0.248 e. The van der Waals surface area contributed by atoms with Crippen LogP contribution < -0.4 is 20.5 Å². The van der Waals surface area contributed by atoms with Crippen molar-refractivity contribution in [1.29, 1.82) is 0 Å². The van der Waals surface area contributed by atoms with E-state index in [1.165, 1.54) is 0 Å². The monoisotopic (exact) mass is 391 g/mol. The minimum absolute atomic E-state index is 0.428. The van der Waals surface area contributed by atoms with Crippen LogP contribution in [0.25, 0.3) is 11.4 Å². The van der Waals surface area contributed by atoms with Crippen molar-refractivity contribution in [2.45, 2.75) is 13.0 Å². The number of methoxy groups -OCH3 is 2. The van der Waals surface area contributed by atoms with Gasteiger partial charge in [-0.2, -0.15) is 4.98 Å². The van der Waals surface area contributed by atoms with Gasteiger partial charge in [0.2, 0.25) is 11.9 Å². The first-order valence-corrected chi connectivity index (χ1v) is 9.04. The molecule has 0 saturated carbocycles. The van der Waals surface area contributed by atoms with Gasteiger partial charge in [0.05, 0.1) is 19.8 Å². The van der Waals surface area contributed by atoms with Crippen molar-refractivity contribution >= 4 is 11.9 Å². The number of benzene rings is 2. The molecule has 0 bridgehead atoms. The second kappa shape index (κ2) is 7.31. The number of ether oxygens (including phenoxy) is 2. The Morgan fingerprint density at radius 1 is 1.10 bits per heavy atom. The number of aromatic nitrogens is 3. The normalized spacial score (nSPS) is 15.5. The maximum atomic E-state index is 12.3. The molecule has 29 heavy (non-hydrogen) atoms. The number of amides is 1. The molecule has 1 aliphatic rings. The van der Waals surface area contributed by atoms with Crippen LogP contribution in [-0.2, 0) is 4.79 Å². The van der Waals surface area contributed by atoms with Crippen LogP contribution in [0.5, 0.6) is 11.5 Å². The Labute approximate surface area is 168 Å². The minimum atomic E-state index is -0.519. The number of primary amides is 1. The first-order valence-electron chi connectivity index (χ1n) is 9.04. The summed E-state index contributed by atoms with van der Waals surface area (Å²) in [5, 5.41) is 7.82. The number of allylic oxidation sites excluding steroid dienone is 1. The van der Waals surface area contributed by atoms with Gasteiger partial charge in [0.1, 0.15) is 17.5 Å². The highest BCUT2D eigenvalue weighted by atomic mass is 16.5. The maximum absolute atomic E-state index is 12.3. The van der Waals surface area contributed by atoms with Crippen molar-refractivity contribution in [3.8, 4) is 22.9 Å². The topological polar surface area (TPSA) is 104 Å². The van der Waals surface area contributed by atoms with E-state index < -0.39 is 11.9 Å². The molecular formula is C21H21N5O3. The van der Waals surface area contributed by atoms with E-state index in [2.05, 4.69) is 15.4 Å². The summed E-state index contributed by atoms with van der Waals surface area (Å²) in [4.78, 5) is 16.9. The molecule has 0 aliphatic carbocycles. The molecule has 148 valence electrons. The number of hydrogen-bond donors (Lipinski definition) is 2. The molecule has 0 fully saturated rings. The van der Waals surface area contributed by atoms with Gasteiger partial charge < -0.3 is 20.5 Å². The highest BCUT2D eigenvalue weighted by molar-refractivity contribution is 5.95. The second-order valence-electron chi connectivity index (χ2n) is 6.64. The molecule has 1 unspecified atom stereocenters. The van der Waals surface area contributed by atoms with Gasteiger partial charge in [-0.3, -0.25) is 4.79 Å². The van der Waals surface area contributed by atoms with Gasteiger partial charge in [0, 0.05) is 11.3 Å². The van der Waals surface area contributed by atoms with Crippen molar-refractivity contribution < 1.29 is 14.3 Å². The number of nitrogens with zero attached hydrogens (tertiary/aromatic N) is 3. The molecule has 3 aromatic rings. The van der Waals surface area contributed by atoms with Crippen molar-refractivity contribution in [3.05, 3.63) is 65.4 Å². The minimum Gasteiger partial charge on any atom is -0.497 e. The first kappa shape index (κ1) is 18.5. The number of anilines is 1. The molecule has 1 aliphatic heterocycles. The fourth-order valence-electron chi connectivity index (χ4n) is 3.45. The van der Waals surface area contributed by atoms with Crippen LogP contribution in [0.2, 0.25) is 0 Å². The SMILES string of the molecule is COc1ccc(-c2nc3n(n2)C(c2cccc(OC)c2)C(C(N)=O)=C(C)N3)cc1. The standard InChI is InChI=1S/C21H21N5O3/c1-12-17(19(22)27)18(14-5-4-6-16(11-14)29-3)26-21(23-12)24-20(25-26)13-7-9-15(28-2)10-8-13/h4-11,18H,1-3H3,(H2,22,27)(H,23,24,25). The zero-order chi connectivity index (χ0) is 20.5. The number of nitrogens with two attached hydrogens (primary N) is 1. The van der Waals surface area contributed by atoms with Gasteiger partial charge >= 0.3 is 0 Å². The van der Waals surface area contributed by atoms with Gasteiger partial charge in [-0.1, -0.05) is 12.1 Å². The van der Waals surface area contributed by atoms with Gasteiger partial charge in [-0.15, -0.1) is 5.10 Å². The lowest BCUT2D eigenvalue weighted by molar-refractivity contribution is -0.115. The van der Waals surface area contributed by atoms with E-state index in [1.54, 1.807) is 25.8 Å². The number of carbonyl (C=O) groups is 1. The first-order chi connectivity index (χ1) is 14.0. The molecule has 8 nitrogen and oxygen atoms in total. The lowest BCUT2D eigenvalue weighted by Crippen LogP contribution is -2.31. The zero-order valence-electron chi connectivity index (χ0n) is 16.3. The predicted octanol–water partition coefficient (Wildman–Crippen LogP) is 2.74. The molecule has 0 radical (unpaired) electrons. The molecule has 2 heterocycles. The summed E-state index contributed by atoms with van der Waals surface area (Å²) in [6, 6.07) is 14.4. The molecule has 0 spiro atoms. The Kier molecular flexibility index (Phi) is 4.67. The third kappa shape index (κ3) is 3.29. The van der Waals surface area contributed by atoms with E-state index in [0.717, 1.165) is 16.9 Å². The van der Waals surface area contributed by atoms with Crippen LogP contribution in [0, 0.1) is 0 Å². The van der Waals surface area contributed by atoms with Crippen molar-refractivity contribution in [1.82, 2.24) is 14.8 Å². The Balaban J connectivity index is 1.84. The van der Waals surface area contributed by atoms with E-state index in [0.29, 0.717) is 28.8 Å². The van der Waals surface area contributed by atoms with E-state index in [4.69, 9.17) is 15.2 Å². The third-order valence-corrected chi connectivity index (χ3v) is 4.88. The van der Waals surface area contributed by atoms with Crippen LogP contribution in [0.1, 0.15) is 18.5 Å². The largest absolute Gasteiger partial charge is 0.497 e. The average molecular weight is 391 g/mol. The summed E-state index contributed by atoms with van der Waals surface area (Å²) in [7, 11) is 3.21. The molecule has 1 aromatic heterocycles. The number of nitrogens with one attached hydrogen (secondary N) is 1.